The summed E-state index contributed by atoms with van der Waals surface area (Å²) in [5.41, 5.74) is 4.61. The molecule has 12 nitrogen and oxygen atoms in total. The van der Waals surface area contributed by atoms with Crippen LogP contribution >= 0.6 is 12.4 Å². The summed E-state index contributed by atoms with van der Waals surface area (Å²) < 4.78 is 31.2. The quantitative estimate of drug-likeness (QED) is 0.114. The fraction of sp³-hybridized carbons (Fsp3) is 0.417. The number of rotatable bonds is 13. The molecule has 0 saturated carbocycles. The zero-order valence-corrected chi connectivity index (χ0v) is 31.2. The van der Waals surface area contributed by atoms with Crippen molar-refractivity contribution in [2.75, 3.05) is 29.3 Å². The highest BCUT2D eigenvalue weighted by atomic mass is 35.5. The second-order valence-corrected chi connectivity index (χ2v) is 16.5. The maximum Gasteiger partial charge on any atom is 0.335 e. The number of aryl methyl sites for hydroxylation is 2. The molecule has 1 aliphatic rings. The number of nitrogens with one attached hydrogen (secondary N) is 3. The molecule has 4 N–H and O–H groups in total. The zero-order valence-electron chi connectivity index (χ0n) is 29.6. The van der Waals surface area contributed by atoms with Crippen LogP contribution in [-0.4, -0.2) is 61.0 Å². The van der Waals surface area contributed by atoms with Crippen molar-refractivity contribution in [1.29, 1.82) is 4.78 Å². The van der Waals surface area contributed by atoms with Gasteiger partial charge in [-0.05, 0) is 60.4 Å². The smallest absolute Gasteiger partial charge is 0.335 e. The predicted molar refractivity (Wildman–Crippen MR) is 199 cm³/mol. The summed E-state index contributed by atoms with van der Waals surface area (Å²) in [6.45, 7) is 17.6. The van der Waals surface area contributed by atoms with Crippen LogP contribution < -0.4 is 19.7 Å². The average molecular weight is 723 g/mol. The topological polar surface area (TPSA) is 166 Å². The van der Waals surface area contributed by atoms with Crippen molar-refractivity contribution in [2.24, 2.45) is 10.8 Å². The Morgan fingerprint density at radius 3 is 2.30 bits per heavy atom. The van der Waals surface area contributed by atoms with Crippen molar-refractivity contribution in [3.63, 3.8) is 0 Å². The summed E-state index contributed by atoms with van der Waals surface area (Å²) in [6.07, 6.45) is 4.54. The van der Waals surface area contributed by atoms with E-state index in [4.69, 9.17) is 9.52 Å². The molecule has 3 heterocycles. The number of anilines is 2. The van der Waals surface area contributed by atoms with Crippen molar-refractivity contribution < 1.29 is 18.8 Å². The van der Waals surface area contributed by atoms with Gasteiger partial charge in [-0.15, -0.1) is 12.4 Å². The van der Waals surface area contributed by atoms with Crippen LogP contribution in [-0.2, 0) is 16.5 Å². The Balaban J connectivity index is 0.00000562. The molecular formula is C36H47ClN8O4S. The van der Waals surface area contributed by atoms with Crippen molar-refractivity contribution in [3.8, 4) is 17.1 Å². The molecule has 0 aliphatic carbocycles. The van der Waals surface area contributed by atoms with E-state index in [0.717, 1.165) is 41.9 Å². The fourth-order valence-corrected chi connectivity index (χ4v) is 7.04. The van der Waals surface area contributed by atoms with Gasteiger partial charge in [0.15, 0.2) is 9.92 Å². The maximum atomic E-state index is 13.6. The molecule has 50 heavy (non-hydrogen) atoms. The highest BCUT2D eigenvalue weighted by Crippen LogP contribution is 2.33. The Bertz CT molecular complexity index is 1900. The van der Waals surface area contributed by atoms with Crippen LogP contribution in [0.4, 0.5) is 11.6 Å². The van der Waals surface area contributed by atoms with E-state index in [2.05, 4.69) is 69.5 Å². The second kappa shape index (κ2) is 15.3. The molecule has 5 rings (SSSR count). The zero-order chi connectivity index (χ0) is 35.6. The van der Waals surface area contributed by atoms with Crippen LogP contribution in [0.1, 0.15) is 68.3 Å². The van der Waals surface area contributed by atoms with Gasteiger partial charge in [0.2, 0.25) is 11.8 Å². The lowest BCUT2D eigenvalue weighted by Gasteiger charge is -2.47. The summed E-state index contributed by atoms with van der Waals surface area (Å²) in [4.78, 5) is 32.1. The summed E-state index contributed by atoms with van der Waals surface area (Å²) in [5.74, 6) is -0.331. The van der Waals surface area contributed by atoms with Gasteiger partial charge < -0.3 is 20.1 Å². The van der Waals surface area contributed by atoms with Crippen molar-refractivity contribution in [2.45, 2.75) is 72.4 Å². The highest BCUT2D eigenvalue weighted by Gasteiger charge is 2.34. The maximum absolute atomic E-state index is 13.6. The molecule has 1 fully saturated rings. The Morgan fingerprint density at radius 1 is 1.06 bits per heavy atom. The van der Waals surface area contributed by atoms with Crippen LogP contribution in [0.15, 0.2) is 65.8 Å². The molecule has 0 amide bonds. The number of carboxylic acids is 1. The largest absolute Gasteiger partial charge is 0.478 e. The number of aromatic carboxylic acids is 1. The van der Waals surface area contributed by atoms with Gasteiger partial charge in [0.1, 0.15) is 12.4 Å². The third-order valence-electron chi connectivity index (χ3n) is 8.22. The molecular weight excluding hydrogens is 676 g/mol. The Kier molecular flexibility index (Phi) is 11.8. The third kappa shape index (κ3) is 9.89. The Morgan fingerprint density at radius 2 is 1.70 bits per heavy atom. The first kappa shape index (κ1) is 38.5. The van der Waals surface area contributed by atoms with Gasteiger partial charge in [-0.1, -0.05) is 58.9 Å². The van der Waals surface area contributed by atoms with E-state index in [1.165, 1.54) is 24.3 Å². The van der Waals surface area contributed by atoms with E-state index in [1.807, 2.05) is 44.4 Å². The van der Waals surface area contributed by atoms with Crippen LogP contribution in [0.3, 0.4) is 0 Å². The number of ether oxygens (including phenoxy) is 1. The lowest BCUT2D eigenvalue weighted by molar-refractivity contribution is 0.0696. The number of carbonyl (C=O) groups is 1. The van der Waals surface area contributed by atoms with E-state index >= 15 is 0 Å². The van der Waals surface area contributed by atoms with Gasteiger partial charge in [-0.3, -0.25) is 4.72 Å². The van der Waals surface area contributed by atoms with Crippen LogP contribution in [0.2, 0.25) is 0 Å². The number of hydrogen-bond acceptors (Lipinski definition) is 10. The number of hydrogen-bond donors (Lipinski definition) is 4. The van der Waals surface area contributed by atoms with E-state index in [1.54, 1.807) is 6.07 Å². The third-order valence-corrected chi connectivity index (χ3v) is 9.61. The molecule has 268 valence electrons. The first-order valence-corrected chi connectivity index (χ1v) is 17.8. The van der Waals surface area contributed by atoms with Gasteiger partial charge in [0.05, 0.1) is 40.8 Å². The minimum Gasteiger partial charge on any atom is -0.478 e. The van der Waals surface area contributed by atoms with Crippen molar-refractivity contribution in [1.82, 2.24) is 25.3 Å². The Hall–Kier alpha value is -4.33. The molecule has 2 aromatic carbocycles. The molecule has 2 aromatic heterocycles. The molecule has 1 saturated heterocycles. The number of carboxylic acid groups (broad SMARTS) is 1. The molecule has 14 heteroatoms. The molecule has 4 aromatic rings. The molecule has 0 bridgehead atoms. The standard InChI is InChI=1S/C36H46N8O4S.ClH/c1-23-10-8-11-24(2)32(23)29-15-31(42-34(41-29)43-49(37,47)28-13-9-12-25(14-28)33(45)46)48-20-26(16-35(3,4)5)38-19-30-39-17-27(18-40-30)44-21-36(6,7)22-44;/h8-15,17-18,26,38H,16,19-22H2,1-7H3,(H,45,46)(H2,37,41,42,43,47);1H/t26-,49?;/m1./s1. The molecule has 1 unspecified atom stereocenters. The van der Waals surface area contributed by atoms with E-state index in [9.17, 15) is 14.1 Å². The minimum atomic E-state index is -3.74. The molecule has 0 spiro atoms. The lowest BCUT2D eigenvalue weighted by Crippen LogP contribution is -2.53. The average Bonchev–Trinajstić information content (AvgIpc) is 3.00. The van der Waals surface area contributed by atoms with Crippen LogP contribution in [0.5, 0.6) is 5.88 Å². The SMILES string of the molecule is Cc1cccc(C)c1-c1cc(OC[C@@H](CC(C)(C)C)NCc2ncc(N3CC(C)(C)C3)cn2)nc(NS(=N)(=O)c2cccc(C(=O)O)c2)n1.Cl. The van der Waals surface area contributed by atoms with Gasteiger partial charge in [-0.25, -0.2) is 28.7 Å². The fourth-order valence-electron chi connectivity index (χ4n) is 6.01. The first-order valence-electron chi connectivity index (χ1n) is 16.3. The summed E-state index contributed by atoms with van der Waals surface area (Å²) >= 11 is 0. The number of aromatic nitrogens is 4. The van der Waals surface area contributed by atoms with E-state index in [-0.39, 0.29) is 52.8 Å². The van der Waals surface area contributed by atoms with Crippen LogP contribution in [0, 0.1) is 29.5 Å². The number of nitrogens with zero attached hydrogens (tertiary/aromatic N) is 5. The molecule has 0 radical (unpaired) electrons. The number of benzene rings is 2. The first-order chi connectivity index (χ1) is 23.0. The predicted octanol–water partition coefficient (Wildman–Crippen LogP) is 6.92. The second-order valence-electron chi connectivity index (χ2n) is 14.7. The molecule has 1 aliphatic heterocycles. The van der Waals surface area contributed by atoms with Gasteiger partial charge in [0, 0.05) is 30.8 Å². The Labute approximate surface area is 301 Å². The summed E-state index contributed by atoms with van der Waals surface area (Å²) in [5, 5.41) is 13.0. The highest BCUT2D eigenvalue weighted by molar-refractivity contribution is 7.93. The molecule has 2 atom stereocenters. The normalized spacial score (nSPS) is 15.6. The van der Waals surface area contributed by atoms with Gasteiger partial charge in [-0.2, -0.15) is 4.98 Å². The van der Waals surface area contributed by atoms with Crippen molar-refractivity contribution >= 4 is 39.9 Å². The van der Waals surface area contributed by atoms with E-state index < -0.39 is 15.9 Å². The van der Waals surface area contributed by atoms with Gasteiger partial charge >= 0.3 is 5.97 Å². The number of halogens is 1. The summed E-state index contributed by atoms with van der Waals surface area (Å²) in [6, 6.07) is 13.0. The lowest BCUT2D eigenvalue weighted by atomic mass is 9.84. The minimum absolute atomic E-state index is 0. The van der Waals surface area contributed by atoms with E-state index in [0.29, 0.717) is 23.5 Å². The van der Waals surface area contributed by atoms with Crippen LogP contribution in [0.25, 0.3) is 11.3 Å². The monoisotopic (exact) mass is 722 g/mol. The van der Waals surface area contributed by atoms with Crippen molar-refractivity contribution in [3.05, 3.63) is 83.4 Å². The summed E-state index contributed by atoms with van der Waals surface area (Å²) in [7, 11) is -3.74. The van der Waals surface area contributed by atoms with Gasteiger partial charge in [0.25, 0.3) is 0 Å².